The van der Waals surface area contributed by atoms with Crippen LogP contribution in [-0.2, 0) is 17.6 Å². The van der Waals surface area contributed by atoms with E-state index in [0.717, 1.165) is 16.9 Å². The van der Waals surface area contributed by atoms with E-state index in [0.29, 0.717) is 43.3 Å². The average molecular weight is 373 g/mol. The third kappa shape index (κ3) is 5.84. The van der Waals surface area contributed by atoms with Crippen molar-refractivity contribution >= 4 is 5.91 Å². The Morgan fingerprint density at radius 2 is 1.85 bits per heavy atom. The van der Waals surface area contributed by atoms with Gasteiger partial charge in [-0.3, -0.25) is 4.79 Å². The summed E-state index contributed by atoms with van der Waals surface area (Å²) in [6, 6.07) is 5.81. The number of nitrogens with zero attached hydrogens (tertiary/aromatic N) is 1. The second kappa shape index (κ2) is 9.75. The number of hydrogen-bond donors (Lipinski definition) is 2. The number of ether oxygens (including phenoxy) is 2. The summed E-state index contributed by atoms with van der Waals surface area (Å²) in [5, 5.41) is 2.91. The van der Waals surface area contributed by atoms with Crippen LogP contribution in [0.15, 0.2) is 23.0 Å². The zero-order valence-electron chi connectivity index (χ0n) is 16.3. The molecular weight excluding hydrogens is 346 g/mol. The van der Waals surface area contributed by atoms with Crippen molar-refractivity contribution in [3.8, 4) is 11.5 Å². The van der Waals surface area contributed by atoms with Gasteiger partial charge in [-0.25, -0.2) is 4.79 Å². The standard InChI is InChI=1S/C20H27N3O4/c1-5-26-17-8-7-15(11-18(17)27-6-2)9-10-21-19(24)12-16-13(3)22-20(25)23-14(16)4/h7-8,11H,5-6,9-10,12H2,1-4H3,(H,21,24)(H,22,23,25). The summed E-state index contributed by atoms with van der Waals surface area (Å²) in [5.74, 6) is 1.34. The molecule has 27 heavy (non-hydrogen) atoms. The minimum absolute atomic E-state index is 0.106. The highest BCUT2D eigenvalue weighted by Gasteiger charge is 2.11. The Labute approximate surface area is 159 Å². The molecule has 1 heterocycles. The van der Waals surface area contributed by atoms with Gasteiger partial charge in [-0.2, -0.15) is 4.98 Å². The number of amides is 1. The van der Waals surface area contributed by atoms with Crippen molar-refractivity contribution in [1.82, 2.24) is 15.3 Å². The number of nitrogens with one attached hydrogen (secondary N) is 2. The van der Waals surface area contributed by atoms with E-state index in [2.05, 4.69) is 15.3 Å². The van der Waals surface area contributed by atoms with E-state index in [1.54, 1.807) is 13.8 Å². The fraction of sp³-hybridized carbons (Fsp3) is 0.450. The molecule has 0 bridgehead atoms. The monoisotopic (exact) mass is 373 g/mol. The SMILES string of the molecule is CCOc1ccc(CCNC(=O)Cc2c(C)nc(=O)[nH]c2C)cc1OCC. The summed E-state index contributed by atoms with van der Waals surface area (Å²) in [6.07, 6.45) is 0.870. The molecule has 2 rings (SSSR count). The molecular formula is C20H27N3O4. The predicted molar refractivity (Wildman–Crippen MR) is 104 cm³/mol. The topological polar surface area (TPSA) is 93.3 Å². The molecule has 1 aromatic heterocycles. The van der Waals surface area contributed by atoms with Gasteiger partial charge < -0.3 is 19.8 Å². The Morgan fingerprint density at radius 1 is 1.15 bits per heavy atom. The van der Waals surface area contributed by atoms with Crippen LogP contribution >= 0.6 is 0 Å². The molecule has 0 aliphatic carbocycles. The molecule has 1 amide bonds. The molecule has 2 aromatic rings. The fourth-order valence-electron chi connectivity index (χ4n) is 2.84. The van der Waals surface area contributed by atoms with Crippen molar-refractivity contribution < 1.29 is 14.3 Å². The maximum atomic E-state index is 12.2. The number of rotatable bonds is 9. The molecule has 1 aromatic carbocycles. The first kappa shape index (κ1) is 20.5. The van der Waals surface area contributed by atoms with Crippen molar-refractivity contribution in [2.45, 2.75) is 40.5 Å². The number of carbonyl (C=O) groups excluding carboxylic acids is 1. The molecule has 0 aliphatic rings. The Hall–Kier alpha value is -2.83. The molecule has 0 fully saturated rings. The molecule has 7 heteroatoms. The van der Waals surface area contributed by atoms with Gasteiger partial charge >= 0.3 is 5.69 Å². The van der Waals surface area contributed by atoms with Crippen molar-refractivity contribution in [3.05, 3.63) is 51.2 Å². The lowest BCUT2D eigenvalue weighted by molar-refractivity contribution is -0.120. The predicted octanol–water partition coefficient (Wildman–Crippen LogP) is 2.09. The first-order valence-electron chi connectivity index (χ1n) is 9.16. The lowest BCUT2D eigenvalue weighted by atomic mass is 10.1. The normalized spacial score (nSPS) is 10.5. The van der Waals surface area contributed by atoms with E-state index in [4.69, 9.17) is 9.47 Å². The van der Waals surface area contributed by atoms with Crippen LogP contribution in [0.2, 0.25) is 0 Å². The smallest absolute Gasteiger partial charge is 0.345 e. The van der Waals surface area contributed by atoms with Crippen LogP contribution in [0.4, 0.5) is 0 Å². The number of aromatic nitrogens is 2. The minimum atomic E-state index is -0.394. The van der Waals surface area contributed by atoms with Gasteiger partial charge in [0.15, 0.2) is 11.5 Å². The van der Waals surface area contributed by atoms with Crippen LogP contribution in [0, 0.1) is 13.8 Å². The summed E-state index contributed by atoms with van der Waals surface area (Å²) >= 11 is 0. The summed E-state index contributed by atoms with van der Waals surface area (Å²) in [5.41, 5.74) is 2.68. The Bertz CT molecular complexity index is 819. The minimum Gasteiger partial charge on any atom is -0.490 e. The molecule has 0 radical (unpaired) electrons. The average Bonchev–Trinajstić information content (AvgIpc) is 2.60. The highest BCUT2D eigenvalue weighted by Crippen LogP contribution is 2.28. The van der Waals surface area contributed by atoms with E-state index < -0.39 is 5.69 Å². The van der Waals surface area contributed by atoms with Crippen LogP contribution < -0.4 is 20.5 Å². The molecule has 146 valence electrons. The van der Waals surface area contributed by atoms with Crippen LogP contribution in [-0.4, -0.2) is 35.6 Å². The zero-order chi connectivity index (χ0) is 19.8. The third-order valence-electron chi connectivity index (χ3n) is 4.13. The van der Waals surface area contributed by atoms with Crippen LogP contribution in [0.3, 0.4) is 0 Å². The fourth-order valence-corrected chi connectivity index (χ4v) is 2.84. The van der Waals surface area contributed by atoms with Gasteiger partial charge in [0, 0.05) is 23.5 Å². The quantitative estimate of drug-likeness (QED) is 0.702. The summed E-state index contributed by atoms with van der Waals surface area (Å²) in [7, 11) is 0. The van der Waals surface area contributed by atoms with Gasteiger partial charge in [-0.05, 0) is 51.8 Å². The van der Waals surface area contributed by atoms with E-state index in [1.807, 2.05) is 32.0 Å². The largest absolute Gasteiger partial charge is 0.490 e. The summed E-state index contributed by atoms with van der Waals surface area (Å²) in [4.78, 5) is 30.0. The maximum Gasteiger partial charge on any atom is 0.345 e. The van der Waals surface area contributed by atoms with Crippen molar-refractivity contribution in [3.63, 3.8) is 0 Å². The van der Waals surface area contributed by atoms with Crippen molar-refractivity contribution in [1.29, 1.82) is 0 Å². The number of hydrogen-bond acceptors (Lipinski definition) is 5. The van der Waals surface area contributed by atoms with Gasteiger partial charge in [0.2, 0.25) is 5.91 Å². The molecule has 0 atom stereocenters. The molecule has 0 aliphatic heterocycles. The number of aryl methyl sites for hydroxylation is 2. The molecule has 0 unspecified atom stereocenters. The second-order valence-corrected chi connectivity index (χ2v) is 6.15. The van der Waals surface area contributed by atoms with Crippen molar-refractivity contribution in [2.75, 3.05) is 19.8 Å². The Morgan fingerprint density at radius 3 is 2.52 bits per heavy atom. The highest BCUT2D eigenvalue weighted by molar-refractivity contribution is 5.79. The van der Waals surface area contributed by atoms with Crippen LogP contribution in [0.25, 0.3) is 0 Å². The zero-order valence-corrected chi connectivity index (χ0v) is 16.3. The highest BCUT2D eigenvalue weighted by atomic mass is 16.5. The van der Waals surface area contributed by atoms with E-state index in [-0.39, 0.29) is 12.3 Å². The third-order valence-corrected chi connectivity index (χ3v) is 4.13. The van der Waals surface area contributed by atoms with Gasteiger partial charge in [0.1, 0.15) is 0 Å². The molecule has 0 saturated heterocycles. The molecule has 0 spiro atoms. The summed E-state index contributed by atoms with van der Waals surface area (Å²) < 4.78 is 11.2. The lowest BCUT2D eigenvalue weighted by Gasteiger charge is -2.13. The van der Waals surface area contributed by atoms with Crippen LogP contribution in [0.1, 0.15) is 36.4 Å². The molecule has 7 nitrogen and oxygen atoms in total. The first-order valence-corrected chi connectivity index (χ1v) is 9.16. The maximum absolute atomic E-state index is 12.2. The number of benzene rings is 1. The Balaban J connectivity index is 1.93. The molecule has 0 saturated carbocycles. The number of carbonyl (C=O) groups is 1. The van der Waals surface area contributed by atoms with E-state index >= 15 is 0 Å². The van der Waals surface area contributed by atoms with Gasteiger partial charge in [-0.15, -0.1) is 0 Å². The Kier molecular flexibility index (Phi) is 7.40. The van der Waals surface area contributed by atoms with Crippen LogP contribution in [0.5, 0.6) is 11.5 Å². The second-order valence-electron chi connectivity index (χ2n) is 6.15. The lowest BCUT2D eigenvalue weighted by Crippen LogP contribution is -2.29. The number of aromatic amines is 1. The summed E-state index contributed by atoms with van der Waals surface area (Å²) in [6.45, 7) is 9.01. The van der Waals surface area contributed by atoms with Gasteiger partial charge in [-0.1, -0.05) is 6.07 Å². The first-order chi connectivity index (χ1) is 12.9. The van der Waals surface area contributed by atoms with E-state index in [9.17, 15) is 9.59 Å². The van der Waals surface area contributed by atoms with Crippen molar-refractivity contribution in [2.24, 2.45) is 0 Å². The van der Waals surface area contributed by atoms with Gasteiger partial charge in [0.25, 0.3) is 0 Å². The molecule has 2 N–H and O–H groups in total. The van der Waals surface area contributed by atoms with Gasteiger partial charge in [0.05, 0.1) is 19.6 Å². The number of H-pyrrole nitrogens is 1. The van der Waals surface area contributed by atoms with E-state index in [1.165, 1.54) is 0 Å².